The highest BCUT2D eigenvalue weighted by Crippen LogP contribution is 2.52. The molecule has 0 spiro atoms. The molecule has 3 heterocycles. The molecule has 134 valence electrons. The van der Waals surface area contributed by atoms with Crippen LogP contribution in [0.25, 0.3) is 0 Å². The molecule has 6 nitrogen and oxygen atoms in total. The van der Waals surface area contributed by atoms with E-state index in [9.17, 15) is 13.6 Å². The lowest BCUT2D eigenvalue weighted by Gasteiger charge is -2.46. The van der Waals surface area contributed by atoms with Crippen molar-refractivity contribution in [3.8, 4) is 23.0 Å². The number of carbonyl (C=O) groups is 1. The summed E-state index contributed by atoms with van der Waals surface area (Å²) >= 11 is 0. The van der Waals surface area contributed by atoms with Crippen molar-refractivity contribution in [3.05, 3.63) is 42.0 Å². The highest BCUT2D eigenvalue weighted by Gasteiger charge is 2.64. The van der Waals surface area contributed by atoms with Crippen molar-refractivity contribution < 1.29 is 32.5 Å². The quantitative estimate of drug-likeness (QED) is 0.770. The zero-order chi connectivity index (χ0) is 17.9. The summed E-state index contributed by atoms with van der Waals surface area (Å²) < 4.78 is 50.2. The average Bonchev–Trinajstić information content (AvgIpc) is 3.12. The summed E-state index contributed by atoms with van der Waals surface area (Å²) in [7, 11) is 0. The second kappa shape index (κ2) is 5.23. The maximum absolute atomic E-state index is 14.4. The van der Waals surface area contributed by atoms with E-state index in [1.54, 1.807) is 24.3 Å². The number of carbonyl (C=O) groups excluding carboxylic acids is 1. The zero-order valence-corrected chi connectivity index (χ0v) is 13.4. The summed E-state index contributed by atoms with van der Waals surface area (Å²) in [5.74, 6) is -2.91. The third kappa shape index (κ3) is 2.04. The van der Waals surface area contributed by atoms with Crippen LogP contribution in [0.5, 0.6) is 23.0 Å². The molecule has 0 saturated carbocycles. The predicted octanol–water partition coefficient (Wildman–Crippen LogP) is 2.91. The highest BCUT2D eigenvalue weighted by molar-refractivity contribution is 6.07. The third-order valence-electron chi connectivity index (χ3n) is 4.62. The summed E-state index contributed by atoms with van der Waals surface area (Å²) in [5.41, 5.74) is 0.599. The first-order valence-electron chi connectivity index (χ1n) is 8.06. The molecule has 8 heteroatoms. The van der Waals surface area contributed by atoms with E-state index >= 15 is 0 Å². The van der Waals surface area contributed by atoms with E-state index in [4.69, 9.17) is 18.9 Å². The Bertz CT molecular complexity index is 916. The number of benzene rings is 2. The Kier molecular flexibility index (Phi) is 3.07. The fraction of sp³-hybridized carbons (Fsp3) is 0.278. The van der Waals surface area contributed by atoms with Crippen molar-refractivity contribution in [2.24, 2.45) is 0 Å². The maximum atomic E-state index is 14.4. The predicted molar refractivity (Wildman–Crippen MR) is 85.2 cm³/mol. The van der Waals surface area contributed by atoms with Crippen LogP contribution in [0, 0.1) is 0 Å². The fourth-order valence-electron chi connectivity index (χ4n) is 3.38. The van der Waals surface area contributed by atoms with Crippen molar-refractivity contribution in [1.29, 1.82) is 0 Å². The smallest absolute Gasteiger partial charge is 0.349 e. The van der Waals surface area contributed by atoms with Crippen LogP contribution in [0.1, 0.15) is 11.6 Å². The average molecular weight is 361 g/mol. The second-order valence-corrected chi connectivity index (χ2v) is 6.14. The largest absolute Gasteiger partial charge is 0.486 e. The third-order valence-corrected chi connectivity index (χ3v) is 4.62. The number of anilines is 1. The van der Waals surface area contributed by atoms with Crippen molar-refractivity contribution in [2.75, 3.05) is 24.9 Å². The van der Waals surface area contributed by atoms with Crippen molar-refractivity contribution in [1.82, 2.24) is 0 Å². The molecule has 5 rings (SSSR count). The number of halogens is 2. The second-order valence-electron chi connectivity index (χ2n) is 6.14. The van der Waals surface area contributed by atoms with Crippen molar-refractivity contribution >= 4 is 11.6 Å². The van der Waals surface area contributed by atoms with Gasteiger partial charge < -0.3 is 18.9 Å². The molecule has 0 unspecified atom stereocenters. The minimum Gasteiger partial charge on any atom is -0.486 e. The first kappa shape index (κ1) is 15.2. The molecular formula is C18H13F2NO5. The van der Waals surface area contributed by atoms with Crippen LogP contribution in [-0.2, 0) is 4.79 Å². The number of hydrogen-bond acceptors (Lipinski definition) is 5. The summed E-state index contributed by atoms with van der Waals surface area (Å²) in [4.78, 5) is 13.2. The summed E-state index contributed by atoms with van der Waals surface area (Å²) in [6.45, 7) is 0.837. The van der Waals surface area contributed by atoms with Gasteiger partial charge in [-0.15, -0.1) is 0 Å². The van der Waals surface area contributed by atoms with E-state index in [1.165, 1.54) is 12.1 Å². The fourth-order valence-corrected chi connectivity index (χ4v) is 3.38. The first-order valence-corrected chi connectivity index (χ1v) is 8.06. The molecule has 3 aliphatic rings. The van der Waals surface area contributed by atoms with Crippen LogP contribution in [0.2, 0.25) is 0 Å². The molecule has 0 radical (unpaired) electrons. The Balaban J connectivity index is 1.54. The first-order chi connectivity index (χ1) is 12.6. The standard InChI is InChI=1S/C18H13F2NO5/c19-18(20)16(10-1-3-13-14(7-10)26-9-25-13)21(17(18)22)11-2-4-12-15(8-11)24-6-5-23-12/h1-4,7-8,16H,5-6,9H2/t16-/m0/s1. The van der Waals surface area contributed by atoms with Crippen LogP contribution in [-0.4, -0.2) is 31.8 Å². The van der Waals surface area contributed by atoms with E-state index in [-0.39, 0.29) is 12.4 Å². The Labute approximate surface area is 146 Å². The molecule has 0 aromatic heterocycles. The Hall–Kier alpha value is -3.03. The van der Waals surface area contributed by atoms with Gasteiger partial charge in [0.15, 0.2) is 23.0 Å². The normalized spacial score (nSPS) is 22.2. The molecule has 2 aromatic rings. The van der Waals surface area contributed by atoms with Gasteiger partial charge in [-0.3, -0.25) is 9.69 Å². The number of ether oxygens (including phenoxy) is 4. The van der Waals surface area contributed by atoms with Gasteiger partial charge in [0.2, 0.25) is 6.79 Å². The number of nitrogens with zero attached hydrogens (tertiary/aromatic N) is 1. The minimum absolute atomic E-state index is 0.0463. The highest BCUT2D eigenvalue weighted by atomic mass is 19.3. The number of rotatable bonds is 2. The lowest BCUT2D eigenvalue weighted by molar-refractivity contribution is -0.162. The molecule has 0 bridgehead atoms. The number of fused-ring (bicyclic) bond motifs is 2. The Morgan fingerprint density at radius 1 is 0.885 bits per heavy atom. The monoisotopic (exact) mass is 361 g/mol. The van der Waals surface area contributed by atoms with Gasteiger partial charge in [0.05, 0.1) is 0 Å². The SMILES string of the molecule is O=C1N(c2ccc3c(c2)OCCO3)[C@@H](c2ccc3c(c2)OCO3)C1(F)F. The lowest BCUT2D eigenvalue weighted by Crippen LogP contribution is -2.64. The van der Waals surface area contributed by atoms with Gasteiger partial charge in [0, 0.05) is 11.8 Å². The molecule has 2 aromatic carbocycles. The molecule has 1 saturated heterocycles. The number of amides is 1. The topological polar surface area (TPSA) is 57.2 Å². The molecule has 1 amide bonds. The summed E-state index contributed by atoms with van der Waals surface area (Å²) in [6, 6.07) is 7.87. The van der Waals surface area contributed by atoms with Crippen LogP contribution in [0.15, 0.2) is 36.4 Å². The van der Waals surface area contributed by atoms with Crippen LogP contribution in [0.3, 0.4) is 0 Å². The molecule has 1 fully saturated rings. The number of β-lactam (4-membered cyclic amide) rings is 1. The van der Waals surface area contributed by atoms with E-state index < -0.39 is 17.9 Å². The summed E-state index contributed by atoms with van der Waals surface area (Å²) in [6.07, 6.45) is 0. The van der Waals surface area contributed by atoms with Crippen LogP contribution in [0.4, 0.5) is 14.5 Å². The van der Waals surface area contributed by atoms with E-state index in [0.717, 1.165) is 4.90 Å². The van der Waals surface area contributed by atoms with Gasteiger partial charge in [-0.2, -0.15) is 8.78 Å². The van der Waals surface area contributed by atoms with Crippen LogP contribution >= 0.6 is 0 Å². The number of hydrogen-bond donors (Lipinski definition) is 0. The van der Waals surface area contributed by atoms with Gasteiger partial charge in [-0.1, -0.05) is 6.07 Å². The van der Waals surface area contributed by atoms with E-state index in [0.29, 0.717) is 41.9 Å². The lowest BCUT2D eigenvalue weighted by atomic mass is 9.88. The molecular weight excluding hydrogens is 348 g/mol. The minimum atomic E-state index is -3.50. The van der Waals surface area contributed by atoms with E-state index in [1.807, 2.05) is 0 Å². The molecule has 3 aliphatic heterocycles. The molecule has 0 aliphatic carbocycles. The Morgan fingerprint density at radius 2 is 1.54 bits per heavy atom. The molecule has 1 atom stereocenters. The zero-order valence-electron chi connectivity index (χ0n) is 13.4. The number of alkyl halides is 2. The van der Waals surface area contributed by atoms with Gasteiger partial charge in [0.1, 0.15) is 19.3 Å². The van der Waals surface area contributed by atoms with Gasteiger partial charge in [0.25, 0.3) is 0 Å². The van der Waals surface area contributed by atoms with E-state index in [2.05, 4.69) is 0 Å². The van der Waals surface area contributed by atoms with Crippen molar-refractivity contribution in [3.63, 3.8) is 0 Å². The maximum Gasteiger partial charge on any atom is 0.349 e. The molecule has 0 N–H and O–H groups in total. The van der Waals surface area contributed by atoms with Gasteiger partial charge >= 0.3 is 11.8 Å². The van der Waals surface area contributed by atoms with Crippen LogP contribution < -0.4 is 23.8 Å². The summed E-state index contributed by atoms with van der Waals surface area (Å²) in [5, 5.41) is 0. The molecule has 26 heavy (non-hydrogen) atoms. The van der Waals surface area contributed by atoms with Gasteiger partial charge in [-0.05, 0) is 29.8 Å². The Morgan fingerprint density at radius 3 is 2.38 bits per heavy atom. The van der Waals surface area contributed by atoms with Crippen molar-refractivity contribution in [2.45, 2.75) is 12.0 Å². The van der Waals surface area contributed by atoms with Gasteiger partial charge in [-0.25, -0.2) is 0 Å².